The molecule has 0 amide bonds. The van der Waals surface area contributed by atoms with Gasteiger partial charge in [-0.2, -0.15) is 4.98 Å². The highest BCUT2D eigenvalue weighted by atomic mass is 35.5. The van der Waals surface area contributed by atoms with Gasteiger partial charge in [0.15, 0.2) is 5.75 Å². The lowest BCUT2D eigenvalue weighted by molar-refractivity contribution is 0.296. The van der Waals surface area contributed by atoms with Crippen molar-refractivity contribution in [2.24, 2.45) is 0 Å². The zero-order chi connectivity index (χ0) is 25.4. The van der Waals surface area contributed by atoms with Crippen molar-refractivity contribution in [3.05, 3.63) is 99.5 Å². The van der Waals surface area contributed by atoms with Crippen LogP contribution in [0.25, 0.3) is 28.0 Å². The van der Waals surface area contributed by atoms with Gasteiger partial charge in [-0.1, -0.05) is 53.5 Å². The predicted molar refractivity (Wildman–Crippen MR) is 141 cm³/mol. The summed E-state index contributed by atoms with van der Waals surface area (Å²) < 4.78 is 27.4. The second kappa shape index (κ2) is 9.80. The van der Waals surface area contributed by atoms with E-state index in [4.69, 9.17) is 32.7 Å². The van der Waals surface area contributed by atoms with Crippen LogP contribution in [0, 0.1) is 19.7 Å². The maximum Gasteiger partial charge on any atom is 0.242 e. The molecule has 0 aliphatic carbocycles. The van der Waals surface area contributed by atoms with Crippen LogP contribution < -0.4 is 9.47 Å². The van der Waals surface area contributed by atoms with E-state index in [1.807, 2.05) is 54.8 Å². The summed E-state index contributed by atoms with van der Waals surface area (Å²) in [5.41, 5.74) is 6.13. The van der Waals surface area contributed by atoms with E-state index < -0.39 is 0 Å². The summed E-state index contributed by atoms with van der Waals surface area (Å²) in [5, 5.41) is 0.803. The molecule has 2 aromatic heterocycles. The SMILES string of the molecule is COc1c(Cl)c(C)c(-n2c(-c3ccc(F)cc3)cc3ncnc(OCc4ccccc4)c32)c(C)c1Cl. The van der Waals surface area contributed by atoms with Gasteiger partial charge in [0.05, 0.1) is 34.1 Å². The number of aromatic nitrogens is 3. The average Bonchev–Trinajstić information content (AvgIpc) is 3.28. The van der Waals surface area contributed by atoms with Gasteiger partial charge in [-0.25, -0.2) is 9.37 Å². The molecular formula is C28H22Cl2FN3O2. The summed E-state index contributed by atoms with van der Waals surface area (Å²) in [6.07, 6.45) is 1.47. The fourth-order valence-corrected chi connectivity index (χ4v) is 4.91. The Morgan fingerprint density at radius 3 is 2.22 bits per heavy atom. The number of fused-ring (bicyclic) bond motifs is 1. The molecule has 0 fully saturated rings. The van der Waals surface area contributed by atoms with Crippen molar-refractivity contribution in [1.82, 2.24) is 14.5 Å². The molecule has 0 saturated carbocycles. The van der Waals surface area contributed by atoms with Crippen molar-refractivity contribution in [2.45, 2.75) is 20.5 Å². The van der Waals surface area contributed by atoms with E-state index in [1.165, 1.54) is 25.6 Å². The van der Waals surface area contributed by atoms with Crippen molar-refractivity contribution >= 4 is 34.2 Å². The van der Waals surface area contributed by atoms with Gasteiger partial charge in [0.1, 0.15) is 24.3 Å². The molecule has 3 aromatic carbocycles. The first kappa shape index (κ1) is 24.1. The topological polar surface area (TPSA) is 49.2 Å². The number of ether oxygens (including phenoxy) is 2. The Kier molecular flexibility index (Phi) is 6.56. The van der Waals surface area contributed by atoms with Crippen LogP contribution in [0.4, 0.5) is 4.39 Å². The largest absolute Gasteiger partial charge is 0.494 e. The minimum Gasteiger partial charge on any atom is -0.494 e. The molecule has 0 radical (unpaired) electrons. The van der Waals surface area contributed by atoms with E-state index in [-0.39, 0.29) is 5.82 Å². The first-order chi connectivity index (χ1) is 17.4. The number of nitrogens with zero attached hydrogens (tertiary/aromatic N) is 3. The van der Waals surface area contributed by atoms with E-state index in [0.29, 0.717) is 39.3 Å². The smallest absolute Gasteiger partial charge is 0.242 e. The molecule has 5 rings (SSSR count). The van der Waals surface area contributed by atoms with Gasteiger partial charge in [-0.3, -0.25) is 0 Å². The maximum absolute atomic E-state index is 13.8. The third-order valence-electron chi connectivity index (χ3n) is 6.11. The third kappa shape index (κ3) is 4.16. The van der Waals surface area contributed by atoms with Crippen LogP contribution in [0.15, 0.2) is 67.0 Å². The van der Waals surface area contributed by atoms with E-state index in [9.17, 15) is 4.39 Å². The number of rotatable bonds is 6. The predicted octanol–water partition coefficient (Wildman–Crippen LogP) is 7.74. The van der Waals surface area contributed by atoms with Crippen molar-refractivity contribution in [2.75, 3.05) is 7.11 Å². The monoisotopic (exact) mass is 521 g/mol. The molecule has 0 saturated heterocycles. The summed E-state index contributed by atoms with van der Waals surface area (Å²) in [6.45, 7) is 4.13. The first-order valence-electron chi connectivity index (χ1n) is 11.2. The molecule has 0 bridgehead atoms. The Morgan fingerprint density at radius 2 is 1.58 bits per heavy atom. The van der Waals surface area contributed by atoms with Gasteiger partial charge in [-0.15, -0.1) is 0 Å². The van der Waals surface area contributed by atoms with Crippen molar-refractivity contribution in [3.63, 3.8) is 0 Å². The Morgan fingerprint density at radius 1 is 0.917 bits per heavy atom. The van der Waals surface area contributed by atoms with Gasteiger partial charge in [0.2, 0.25) is 5.88 Å². The molecule has 2 heterocycles. The van der Waals surface area contributed by atoms with Crippen molar-refractivity contribution in [1.29, 1.82) is 0 Å². The number of halogens is 3. The first-order valence-corrected chi connectivity index (χ1v) is 12.0. The van der Waals surface area contributed by atoms with Gasteiger partial charge < -0.3 is 14.0 Å². The summed E-state index contributed by atoms with van der Waals surface area (Å²) in [7, 11) is 1.53. The fraction of sp³-hybridized carbons (Fsp3) is 0.143. The van der Waals surface area contributed by atoms with Gasteiger partial charge in [0, 0.05) is 0 Å². The lowest BCUT2D eigenvalue weighted by Crippen LogP contribution is -2.07. The van der Waals surface area contributed by atoms with Gasteiger partial charge in [-0.05, 0) is 66.4 Å². The highest BCUT2D eigenvalue weighted by Crippen LogP contribution is 2.45. The van der Waals surface area contributed by atoms with Crippen LogP contribution in [-0.2, 0) is 6.61 Å². The standard InChI is InChI=1S/C28H22Cl2FN3O2/c1-16-23(29)27(35-3)24(30)17(2)25(16)34-22(19-9-11-20(31)12-10-19)13-21-26(34)28(33-15-32-21)36-14-18-7-5-4-6-8-18/h4-13,15H,14H2,1-3H3. The van der Waals surface area contributed by atoms with E-state index in [2.05, 4.69) is 9.97 Å². The zero-order valence-electron chi connectivity index (χ0n) is 19.8. The van der Waals surface area contributed by atoms with Crippen molar-refractivity contribution in [3.8, 4) is 28.6 Å². The molecule has 0 N–H and O–H groups in total. The molecule has 8 heteroatoms. The normalized spacial score (nSPS) is 11.2. The molecule has 5 nitrogen and oxygen atoms in total. The molecule has 36 heavy (non-hydrogen) atoms. The number of hydrogen-bond acceptors (Lipinski definition) is 4. The lowest BCUT2D eigenvalue weighted by Gasteiger charge is -2.21. The minimum atomic E-state index is -0.323. The summed E-state index contributed by atoms with van der Waals surface area (Å²) in [4.78, 5) is 8.97. The highest BCUT2D eigenvalue weighted by Gasteiger charge is 2.25. The van der Waals surface area contributed by atoms with Crippen LogP contribution in [-0.4, -0.2) is 21.6 Å². The van der Waals surface area contributed by atoms with Crippen LogP contribution in [0.1, 0.15) is 16.7 Å². The zero-order valence-corrected chi connectivity index (χ0v) is 21.4. The van der Waals surface area contributed by atoms with E-state index >= 15 is 0 Å². The second-order valence-electron chi connectivity index (χ2n) is 8.32. The van der Waals surface area contributed by atoms with Crippen LogP contribution in [0.5, 0.6) is 11.6 Å². The Labute approximate surface area is 218 Å². The van der Waals surface area contributed by atoms with Crippen LogP contribution >= 0.6 is 23.2 Å². The summed E-state index contributed by atoms with van der Waals surface area (Å²) in [6, 6.07) is 18.0. The molecule has 182 valence electrons. The summed E-state index contributed by atoms with van der Waals surface area (Å²) >= 11 is 13.4. The molecule has 0 aliphatic rings. The van der Waals surface area contributed by atoms with Gasteiger partial charge in [0.25, 0.3) is 0 Å². The average molecular weight is 522 g/mol. The third-order valence-corrected chi connectivity index (χ3v) is 7.02. The molecule has 0 spiro atoms. The quantitative estimate of drug-likeness (QED) is 0.229. The van der Waals surface area contributed by atoms with Crippen molar-refractivity contribution < 1.29 is 13.9 Å². The Bertz CT molecular complexity index is 1540. The number of methoxy groups -OCH3 is 1. The number of hydrogen-bond donors (Lipinski definition) is 0. The van der Waals surface area contributed by atoms with E-state index in [1.54, 1.807) is 12.1 Å². The maximum atomic E-state index is 13.8. The molecule has 0 aliphatic heterocycles. The fourth-order valence-electron chi connectivity index (χ4n) is 4.34. The molecule has 5 aromatic rings. The molecule has 0 atom stereocenters. The van der Waals surface area contributed by atoms with Crippen LogP contribution in [0.2, 0.25) is 10.0 Å². The number of benzene rings is 3. The van der Waals surface area contributed by atoms with E-state index in [0.717, 1.165) is 33.6 Å². The Balaban J connectivity index is 1.81. The molecular weight excluding hydrogens is 500 g/mol. The Hall–Kier alpha value is -3.61. The second-order valence-corrected chi connectivity index (χ2v) is 9.07. The minimum absolute atomic E-state index is 0.323. The summed E-state index contributed by atoms with van der Waals surface area (Å²) in [5.74, 6) is 0.490. The van der Waals surface area contributed by atoms with Crippen LogP contribution in [0.3, 0.4) is 0 Å². The lowest BCUT2D eigenvalue weighted by atomic mass is 10.1. The highest BCUT2D eigenvalue weighted by molar-refractivity contribution is 6.38. The molecule has 0 unspecified atom stereocenters. The van der Waals surface area contributed by atoms with Gasteiger partial charge >= 0.3 is 0 Å².